The van der Waals surface area contributed by atoms with Crippen molar-refractivity contribution >= 4 is 63.7 Å². The second-order valence-electron chi connectivity index (χ2n) is 10.5. The largest absolute Gasteiger partial charge is 0.504 e. The van der Waals surface area contributed by atoms with E-state index >= 15 is 0 Å². The number of aromatic hydroxyl groups is 2. The van der Waals surface area contributed by atoms with Crippen LogP contribution in [0.5, 0.6) is 11.5 Å². The van der Waals surface area contributed by atoms with E-state index in [1.54, 1.807) is 0 Å². The molecule has 246 valence electrons. The molecule has 0 aliphatic carbocycles. The summed E-state index contributed by atoms with van der Waals surface area (Å²) in [6.45, 7) is 2.52. The number of esters is 1. The van der Waals surface area contributed by atoms with Gasteiger partial charge in [-0.15, -0.1) is 23.1 Å². The topological polar surface area (TPSA) is 263 Å². The number of nitrogens with two attached hydrogens (primary N) is 1. The molecule has 46 heavy (non-hydrogen) atoms. The Bertz CT molecular complexity index is 1650. The molecule has 0 spiro atoms. The Balaban J connectivity index is 1.49. The van der Waals surface area contributed by atoms with Gasteiger partial charge in [-0.05, 0) is 42.7 Å². The molecule has 0 radical (unpaired) electrons. The molecule has 0 bridgehead atoms. The molecule has 1 fully saturated rings. The lowest BCUT2D eigenvalue weighted by molar-refractivity contribution is -0.161. The monoisotopic (exact) mass is 678 g/mol. The highest BCUT2D eigenvalue weighted by molar-refractivity contribution is 8.00. The molecule has 2 aliphatic heterocycles. The van der Waals surface area contributed by atoms with Crippen LogP contribution in [0.3, 0.4) is 0 Å². The van der Waals surface area contributed by atoms with Crippen LogP contribution in [-0.4, -0.2) is 102 Å². The van der Waals surface area contributed by atoms with Crippen molar-refractivity contribution < 1.29 is 54.0 Å². The van der Waals surface area contributed by atoms with E-state index in [1.807, 2.05) is 0 Å². The van der Waals surface area contributed by atoms with Gasteiger partial charge in [-0.2, -0.15) is 0 Å². The number of thiazole rings is 1. The van der Waals surface area contributed by atoms with Crippen LogP contribution in [0.2, 0.25) is 0 Å². The fourth-order valence-corrected chi connectivity index (χ4v) is 6.29. The number of fused-ring (bicyclic) bond motifs is 1. The number of benzene rings is 1. The number of anilines is 1. The van der Waals surface area contributed by atoms with Gasteiger partial charge in [-0.3, -0.25) is 19.3 Å². The molecule has 1 aromatic carbocycles. The van der Waals surface area contributed by atoms with Crippen molar-refractivity contribution in [1.82, 2.24) is 20.5 Å². The van der Waals surface area contributed by atoms with Gasteiger partial charge in [0, 0.05) is 24.2 Å². The lowest BCUT2D eigenvalue weighted by atomic mass is 10.0. The molecule has 17 nitrogen and oxygen atoms in total. The maximum absolute atomic E-state index is 13.3. The molecule has 0 saturated carbocycles. The standard InChI is InChI=1S/C27H30N6O11S2/c1-27(2,25(41)42)44-32-18(14-10-46-26(28)30-14)21(37)31-19-22(38)33-20(24(39)40)13(9-45-23(19)33)8-29-7-12-5-16(35)15(34)4-11(12)6-17(36)43-3/h4-5,10,19,23,29,34-35H,6-9H2,1-3H3,(H2,28,30)(H,31,37)(H,39,40)(H,41,42)/b32-18-/t19?,23-/m1/s1. The number of aromatic nitrogens is 1. The van der Waals surface area contributed by atoms with Gasteiger partial charge in [0.15, 0.2) is 22.3 Å². The number of nitrogens with zero attached hydrogens (tertiary/aromatic N) is 3. The van der Waals surface area contributed by atoms with Crippen LogP contribution in [0, 0.1) is 0 Å². The summed E-state index contributed by atoms with van der Waals surface area (Å²) in [5, 5.41) is 49.1. The van der Waals surface area contributed by atoms with Crippen LogP contribution >= 0.6 is 23.1 Å². The zero-order chi connectivity index (χ0) is 33.9. The van der Waals surface area contributed by atoms with Gasteiger partial charge < -0.3 is 46.4 Å². The number of hydrogen-bond donors (Lipinski definition) is 7. The first kappa shape index (κ1) is 34.0. The lowest BCUT2D eigenvalue weighted by Gasteiger charge is -2.49. The van der Waals surface area contributed by atoms with Crippen LogP contribution < -0.4 is 16.4 Å². The van der Waals surface area contributed by atoms with Gasteiger partial charge in [0.25, 0.3) is 11.8 Å². The fourth-order valence-electron chi connectivity index (χ4n) is 4.40. The number of hydrogen-bond acceptors (Lipinski definition) is 15. The van der Waals surface area contributed by atoms with E-state index in [0.717, 1.165) is 16.2 Å². The highest BCUT2D eigenvalue weighted by Crippen LogP contribution is 2.40. The van der Waals surface area contributed by atoms with E-state index in [4.69, 9.17) is 10.6 Å². The van der Waals surface area contributed by atoms with Crippen molar-refractivity contribution in [2.45, 2.75) is 43.8 Å². The molecule has 3 heterocycles. The summed E-state index contributed by atoms with van der Waals surface area (Å²) in [6.07, 6.45) is -0.178. The number of rotatable bonds is 13. The maximum atomic E-state index is 13.3. The summed E-state index contributed by atoms with van der Waals surface area (Å²) < 4.78 is 4.68. The number of carboxylic acids is 2. The van der Waals surface area contributed by atoms with E-state index in [0.29, 0.717) is 16.7 Å². The third-order valence-corrected chi connectivity index (χ3v) is 8.92. The second kappa shape index (κ2) is 13.6. The zero-order valence-corrected chi connectivity index (χ0v) is 26.2. The maximum Gasteiger partial charge on any atom is 0.352 e. The van der Waals surface area contributed by atoms with E-state index in [-0.39, 0.29) is 41.8 Å². The van der Waals surface area contributed by atoms with Crippen molar-refractivity contribution in [2.75, 3.05) is 25.1 Å². The third-order valence-electron chi connectivity index (χ3n) is 6.91. The van der Waals surface area contributed by atoms with Crippen molar-refractivity contribution in [3.63, 3.8) is 0 Å². The third kappa shape index (κ3) is 7.16. The molecule has 4 rings (SSSR count). The predicted molar refractivity (Wildman–Crippen MR) is 163 cm³/mol. The van der Waals surface area contributed by atoms with E-state index in [9.17, 15) is 44.4 Å². The summed E-state index contributed by atoms with van der Waals surface area (Å²) >= 11 is 2.20. The number of phenols is 2. The Labute approximate surface area is 269 Å². The van der Waals surface area contributed by atoms with Gasteiger partial charge >= 0.3 is 17.9 Å². The smallest absolute Gasteiger partial charge is 0.352 e. The molecule has 2 atom stereocenters. The van der Waals surface area contributed by atoms with Crippen LogP contribution in [-0.2, 0) is 46.5 Å². The number of carbonyl (C=O) groups excluding carboxylic acids is 3. The highest BCUT2D eigenvalue weighted by Gasteiger charge is 2.54. The average Bonchev–Trinajstić information content (AvgIpc) is 3.43. The summed E-state index contributed by atoms with van der Waals surface area (Å²) in [5.74, 6) is -5.55. The Morgan fingerprint density at radius 3 is 2.41 bits per heavy atom. The molecule has 1 saturated heterocycles. The Morgan fingerprint density at radius 1 is 1.15 bits per heavy atom. The van der Waals surface area contributed by atoms with Crippen LogP contribution in [0.15, 0.2) is 33.9 Å². The average molecular weight is 679 g/mol. The highest BCUT2D eigenvalue weighted by atomic mass is 32.2. The number of nitrogens with one attached hydrogen (secondary N) is 2. The Hall–Kier alpha value is -4.88. The Morgan fingerprint density at radius 2 is 1.83 bits per heavy atom. The Kier molecular flexibility index (Phi) is 10.1. The molecule has 2 aromatic rings. The van der Waals surface area contributed by atoms with Crippen molar-refractivity contribution in [3.8, 4) is 11.5 Å². The van der Waals surface area contributed by atoms with Crippen molar-refractivity contribution in [2.24, 2.45) is 5.16 Å². The first-order valence-corrected chi connectivity index (χ1v) is 15.3. The number of carbonyl (C=O) groups is 5. The SMILES string of the molecule is COC(=O)Cc1cc(O)c(O)cc1CNCC1=C(C(=O)O)N2C(=O)C(NC(=O)/C(=N\OC(C)(C)C(=O)O)c3csc(N)n3)[C@H]2SC1. The number of ether oxygens (including phenoxy) is 1. The minimum absolute atomic E-state index is 0.0141. The van der Waals surface area contributed by atoms with E-state index in [2.05, 4.69) is 25.5 Å². The number of aliphatic carboxylic acids is 2. The van der Waals surface area contributed by atoms with E-state index in [1.165, 1.54) is 50.2 Å². The predicted octanol–water partition coefficient (Wildman–Crippen LogP) is -0.0357. The quantitative estimate of drug-likeness (QED) is 0.0482. The van der Waals surface area contributed by atoms with Gasteiger partial charge in [0.05, 0.1) is 13.5 Å². The first-order chi connectivity index (χ1) is 21.6. The van der Waals surface area contributed by atoms with Crippen LogP contribution in [0.4, 0.5) is 5.13 Å². The summed E-state index contributed by atoms with van der Waals surface area (Å²) in [6, 6.07) is 1.37. The number of oxime groups is 1. The zero-order valence-electron chi connectivity index (χ0n) is 24.6. The molecule has 8 N–H and O–H groups in total. The first-order valence-electron chi connectivity index (χ1n) is 13.4. The van der Waals surface area contributed by atoms with E-state index < -0.39 is 63.9 Å². The number of thioether (sulfide) groups is 1. The molecule has 2 amide bonds. The van der Waals surface area contributed by atoms with Crippen molar-refractivity contribution in [1.29, 1.82) is 0 Å². The number of amides is 2. The second-order valence-corrected chi connectivity index (χ2v) is 12.5. The minimum Gasteiger partial charge on any atom is -0.504 e. The minimum atomic E-state index is -1.80. The van der Waals surface area contributed by atoms with Gasteiger partial charge in [-0.25, -0.2) is 14.6 Å². The van der Waals surface area contributed by atoms with Crippen LogP contribution in [0.1, 0.15) is 30.7 Å². The number of β-lactam (4-membered cyclic amide) rings is 1. The fraction of sp³-hybridized carbons (Fsp3) is 0.370. The molecule has 2 aliphatic rings. The van der Waals surface area contributed by atoms with Gasteiger partial charge in [0.2, 0.25) is 5.60 Å². The summed E-state index contributed by atoms with van der Waals surface area (Å²) in [4.78, 5) is 72.1. The molecule has 1 unspecified atom stereocenters. The molecule has 1 aromatic heterocycles. The molecule has 19 heteroatoms. The lowest BCUT2D eigenvalue weighted by Crippen LogP contribution is -2.71. The normalized spacial score (nSPS) is 18.0. The van der Waals surface area contributed by atoms with Gasteiger partial charge in [-0.1, -0.05) is 5.16 Å². The number of phenolic OH excluding ortho intramolecular Hbond substituents is 2. The molecular weight excluding hydrogens is 648 g/mol. The van der Waals surface area contributed by atoms with Gasteiger partial charge in [0.1, 0.15) is 22.8 Å². The number of carboxylic acid groups (broad SMARTS) is 2. The number of nitrogen functional groups attached to an aromatic ring is 1. The van der Waals surface area contributed by atoms with Crippen LogP contribution in [0.25, 0.3) is 0 Å². The number of methoxy groups -OCH3 is 1. The van der Waals surface area contributed by atoms with Crippen molar-refractivity contribution in [3.05, 3.63) is 45.6 Å². The summed E-state index contributed by atoms with van der Waals surface area (Å²) in [7, 11) is 1.21. The summed E-state index contributed by atoms with van der Waals surface area (Å²) in [5.41, 5.74) is 4.38. The molecular formula is C27H30N6O11S2.